The molecule has 1 amide bonds. The van der Waals surface area contributed by atoms with Crippen molar-refractivity contribution < 1.29 is 9.53 Å². The summed E-state index contributed by atoms with van der Waals surface area (Å²) in [5.41, 5.74) is 9.12. The molecule has 26 heavy (non-hydrogen) atoms. The van der Waals surface area contributed by atoms with Gasteiger partial charge >= 0.3 is 0 Å². The maximum absolute atomic E-state index is 11.9. The number of halogens is 1. The monoisotopic (exact) mass is 364 g/mol. The molecule has 4 rings (SSSR count). The van der Waals surface area contributed by atoms with E-state index < -0.39 is 5.91 Å². The van der Waals surface area contributed by atoms with Gasteiger partial charge in [-0.15, -0.1) is 0 Å². The first-order chi connectivity index (χ1) is 12.6. The number of benzene rings is 3. The van der Waals surface area contributed by atoms with Gasteiger partial charge in [0.15, 0.2) is 0 Å². The Balaban J connectivity index is 2.01. The van der Waals surface area contributed by atoms with Crippen LogP contribution in [-0.2, 0) is 6.54 Å². The van der Waals surface area contributed by atoms with Gasteiger partial charge < -0.3 is 15.0 Å². The van der Waals surface area contributed by atoms with Crippen LogP contribution in [-0.4, -0.2) is 17.6 Å². The van der Waals surface area contributed by atoms with Gasteiger partial charge in [0.05, 0.1) is 18.1 Å². The Morgan fingerprint density at radius 2 is 1.88 bits per heavy atom. The third kappa shape index (κ3) is 2.68. The number of aromatic nitrogens is 1. The second-order valence-corrected chi connectivity index (χ2v) is 6.60. The van der Waals surface area contributed by atoms with Crippen molar-refractivity contribution >= 4 is 39.3 Å². The molecule has 0 bridgehead atoms. The zero-order valence-electron chi connectivity index (χ0n) is 14.2. The third-order valence-corrected chi connectivity index (χ3v) is 4.83. The van der Waals surface area contributed by atoms with E-state index in [-0.39, 0.29) is 0 Å². The van der Waals surface area contributed by atoms with Gasteiger partial charge in [-0.2, -0.15) is 0 Å². The van der Waals surface area contributed by atoms with Crippen LogP contribution < -0.4 is 10.5 Å². The van der Waals surface area contributed by atoms with Crippen molar-refractivity contribution in [3.8, 4) is 5.75 Å². The molecule has 2 N–H and O–H groups in total. The van der Waals surface area contributed by atoms with Gasteiger partial charge in [-0.25, -0.2) is 0 Å². The number of primary amides is 1. The van der Waals surface area contributed by atoms with Crippen molar-refractivity contribution in [2.24, 2.45) is 5.73 Å². The predicted molar refractivity (Wildman–Crippen MR) is 105 cm³/mol. The Kier molecular flexibility index (Phi) is 4.05. The number of carbonyl (C=O) groups is 1. The lowest BCUT2D eigenvalue weighted by atomic mass is 10.1. The number of carbonyl (C=O) groups excluding carboxylic acids is 1. The molecular formula is C21H17ClN2O2. The summed E-state index contributed by atoms with van der Waals surface area (Å²) < 4.78 is 7.48. The first-order valence-electron chi connectivity index (χ1n) is 8.21. The minimum atomic E-state index is -0.439. The minimum Gasteiger partial charge on any atom is -0.497 e. The van der Waals surface area contributed by atoms with Gasteiger partial charge in [-0.1, -0.05) is 35.9 Å². The zero-order chi connectivity index (χ0) is 18.3. The Labute approximate surface area is 155 Å². The second kappa shape index (κ2) is 6.39. The van der Waals surface area contributed by atoms with Crippen LogP contribution >= 0.6 is 11.6 Å². The van der Waals surface area contributed by atoms with Crippen molar-refractivity contribution in [2.45, 2.75) is 6.54 Å². The van der Waals surface area contributed by atoms with Crippen molar-refractivity contribution in [1.29, 1.82) is 0 Å². The highest BCUT2D eigenvalue weighted by atomic mass is 35.5. The summed E-state index contributed by atoms with van der Waals surface area (Å²) in [6, 6.07) is 19.2. The summed E-state index contributed by atoms with van der Waals surface area (Å²) in [6.07, 6.45) is 0. The molecule has 0 aliphatic carbocycles. The molecule has 130 valence electrons. The van der Waals surface area contributed by atoms with Crippen LogP contribution in [0.25, 0.3) is 21.8 Å². The fourth-order valence-corrected chi connectivity index (χ4v) is 3.61. The maximum atomic E-state index is 11.9. The lowest BCUT2D eigenvalue weighted by Crippen LogP contribution is -2.11. The Bertz CT molecular complexity index is 1150. The number of hydrogen-bond donors (Lipinski definition) is 1. The quantitative estimate of drug-likeness (QED) is 0.575. The van der Waals surface area contributed by atoms with E-state index in [1.807, 2.05) is 54.6 Å². The molecule has 4 aromatic rings. The molecule has 0 spiro atoms. The van der Waals surface area contributed by atoms with E-state index >= 15 is 0 Å². The standard InChI is InChI=1S/C21H17ClN2O2/c1-26-15-5-2-4-13(10-15)12-24-18-7-3-6-17(21(23)25)20(18)16-9-8-14(22)11-19(16)24/h2-11H,12H2,1H3,(H2,23,25). The number of methoxy groups -OCH3 is 1. The first-order valence-corrected chi connectivity index (χ1v) is 8.59. The molecule has 0 aliphatic rings. The van der Waals surface area contributed by atoms with Gasteiger partial charge in [-0.3, -0.25) is 4.79 Å². The molecule has 3 aromatic carbocycles. The van der Waals surface area contributed by atoms with Gasteiger partial charge in [0, 0.05) is 27.9 Å². The number of rotatable bonds is 4. The van der Waals surface area contributed by atoms with Crippen LogP contribution in [0.4, 0.5) is 0 Å². The summed E-state index contributed by atoms with van der Waals surface area (Å²) in [6.45, 7) is 0.625. The number of hydrogen-bond acceptors (Lipinski definition) is 2. The van der Waals surface area contributed by atoms with E-state index in [9.17, 15) is 4.79 Å². The maximum Gasteiger partial charge on any atom is 0.249 e. The highest BCUT2D eigenvalue weighted by molar-refractivity contribution is 6.32. The molecule has 4 nitrogen and oxygen atoms in total. The average Bonchev–Trinajstić information content (AvgIpc) is 2.95. The molecule has 5 heteroatoms. The molecule has 1 heterocycles. The summed E-state index contributed by atoms with van der Waals surface area (Å²) in [5.74, 6) is 0.366. The topological polar surface area (TPSA) is 57.2 Å². The van der Waals surface area contributed by atoms with Gasteiger partial charge in [0.1, 0.15) is 5.75 Å². The minimum absolute atomic E-state index is 0.439. The Morgan fingerprint density at radius 3 is 2.65 bits per heavy atom. The summed E-state index contributed by atoms with van der Waals surface area (Å²) in [4.78, 5) is 11.9. The highest BCUT2D eigenvalue weighted by Crippen LogP contribution is 2.34. The normalized spacial score (nSPS) is 11.2. The van der Waals surface area contributed by atoms with Crippen molar-refractivity contribution in [3.05, 3.63) is 76.8 Å². The van der Waals surface area contributed by atoms with Crippen molar-refractivity contribution in [1.82, 2.24) is 4.57 Å². The Morgan fingerprint density at radius 1 is 1.08 bits per heavy atom. The van der Waals surface area contributed by atoms with Gasteiger partial charge in [-0.05, 0) is 42.0 Å². The van der Waals surface area contributed by atoms with Crippen molar-refractivity contribution in [3.63, 3.8) is 0 Å². The number of fused-ring (bicyclic) bond motifs is 3. The lowest BCUT2D eigenvalue weighted by molar-refractivity contribution is 0.100. The summed E-state index contributed by atoms with van der Waals surface area (Å²) in [5, 5.41) is 2.46. The van der Waals surface area contributed by atoms with Crippen LogP contribution in [0.15, 0.2) is 60.7 Å². The van der Waals surface area contributed by atoms with Crippen LogP contribution in [0.1, 0.15) is 15.9 Å². The van der Waals surface area contributed by atoms with Gasteiger partial charge in [0.2, 0.25) is 5.91 Å². The zero-order valence-corrected chi connectivity index (χ0v) is 15.0. The van der Waals surface area contributed by atoms with Crippen LogP contribution in [0.5, 0.6) is 5.75 Å². The van der Waals surface area contributed by atoms with E-state index in [0.29, 0.717) is 17.1 Å². The molecule has 0 saturated carbocycles. The fraction of sp³-hybridized carbons (Fsp3) is 0.0952. The fourth-order valence-electron chi connectivity index (χ4n) is 3.45. The van der Waals surface area contributed by atoms with Gasteiger partial charge in [0.25, 0.3) is 0 Å². The van der Waals surface area contributed by atoms with Crippen LogP contribution in [0.3, 0.4) is 0 Å². The molecule has 1 aromatic heterocycles. The molecule has 0 unspecified atom stereocenters. The Hall–Kier alpha value is -2.98. The number of ether oxygens (including phenoxy) is 1. The van der Waals surface area contributed by atoms with E-state index in [2.05, 4.69) is 4.57 Å². The second-order valence-electron chi connectivity index (χ2n) is 6.16. The summed E-state index contributed by atoms with van der Waals surface area (Å²) in [7, 11) is 1.65. The van der Waals surface area contributed by atoms with E-state index in [0.717, 1.165) is 33.1 Å². The number of nitrogens with two attached hydrogens (primary N) is 1. The summed E-state index contributed by atoms with van der Waals surface area (Å²) >= 11 is 6.25. The number of nitrogens with zero attached hydrogens (tertiary/aromatic N) is 1. The molecule has 0 saturated heterocycles. The molecule has 0 radical (unpaired) electrons. The van der Waals surface area contributed by atoms with Crippen LogP contribution in [0, 0.1) is 0 Å². The molecular weight excluding hydrogens is 348 g/mol. The first kappa shape index (κ1) is 16.5. The molecule has 0 atom stereocenters. The lowest BCUT2D eigenvalue weighted by Gasteiger charge is -2.09. The molecule has 0 fully saturated rings. The SMILES string of the molecule is COc1cccc(Cn2c3cc(Cl)ccc3c3c(C(N)=O)cccc32)c1. The van der Waals surface area contributed by atoms with Crippen molar-refractivity contribution in [2.75, 3.05) is 7.11 Å². The molecule has 0 aliphatic heterocycles. The van der Waals surface area contributed by atoms with E-state index in [1.54, 1.807) is 13.2 Å². The van der Waals surface area contributed by atoms with E-state index in [1.165, 1.54) is 0 Å². The smallest absolute Gasteiger partial charge is 0.249 e. The van der Waals surface area contributed by atoms with Crippen LogP contribution in [0.2, 0.25) is 5.02 Å². The van der Waals surface area contributed by atoms with E-state index in [4.69, 9.17) is 22.1 Å². The average molecular weight is 365 g/mol. The number of amides is 1. The largest absolute Gasteiger partial charge is 0.497 e. The predicted octanol–water partition coefficient (Wildman–Crippen LogP) is 4.60. The highest BCUT2D eigenvalue weighted by Gasteiger charge is 2.16. The third-order valence-electron chi connectivity index (χ3n) is 4.59.